The van der Waals surface area contributed by atoms with Crippen molar-refractivity contribution >= 4 is 16.8 Å². The number of aromatic nitrogens is 1. The van der Waals surface area contributed by atoms with E-state index >= 15 is 0 Å². The van der Waals surface area contributed by atoms with Gasteiger partial charge in [0, 0.05) is 79.1 Å². The van der Waals surface area contributed by atoms with Gasteiger partial charge in [-0.2, -0.15) is 13.2 Å². The molecule has 3 fully saturated rings. The van der Waals surface area contributed by atoms with Crippen LogP contribution in [0.4, 0.5) is 22.0 Å². The van der Waals surface area contributed by atoms with Crippen LogP contribution in [0.5, 0.6) is 5.75 Å². The lowest BCUT2D eigenvalue weighted by atomic mass is 9.59. The number of benzene rings is 2. The average Bonchev–Trinajstić information content (AvgIpc) is 3.37. The number of alkyl halides is 5. The van der Waals surface area contributed by atoms with Crippen LogP contribution in [0.25, 0.3) is 10.9 Å². The van der Waals surface area contributed by atoms with E-state index in [1.54, 1.807) is 19.2 Å². The zero-order valence-electron chi connectivity index (χ0n) is 23.2. The molecule has 3 aromatic rings. The molecule has 1 amide bonds. The molecule has 1 aromatic heterocycles. The number of methoxy groups -OCH3 is 1. The molecule has 1 unspecified atom stereocenters. The lowest BCUT2D eigenvalue weighted by Gasteiger charge is -2.54. The number of piperidine rings is 1. The van der Waals surface area contributed by atoms with Crippen LogP contribution in [-0.2, 0) is 6.54 Å². The third kappa shape index (κ3) is 5.43. The van der Waals surface area contributed by atoms with Crippen LogP contribution in [0.3, 0.4) is 0 Å². The number of hydrogen-bond donors (Lipinski definition) is 1. The SMILES string of the molecule is COc1cc(C)c2[nH]ccc2c1CN1CCC2(CC1c1ccc(C(=O)N3CC(CC(F)(F)F)C3)cc1)CC(F)(F)C2. The molecule has 2 saturated heterocycles. The summed E-state index contributed by atoms with van der Waals surface area (Å²) in [6.07, 6.45) is -2.14. The van der Waals surface area contributed by atoms with Gasteiger partial charge in [-0.15, -0.1) is 0 Å². The number of rotatable bonds is 6. The number of likely N-dealkylation sites (tertiary alicyclic amines) is 2. The summed E-state index contributed by atoms with van der Waals surface area (Å²) in [4.78, 5) is 19.9. The summed E-state index contributed by atoms with van der Waals surface area (Å²) in [6.45, 7) is 3.44. The fourth-order valence-electron chi connectivity index (χ4n) is 7.27. The van der Waals surface area contributed by atoms with Gasteiger partial charge >= 0.3 is 6.18 Å². The van der Waals surface area contributed by atoms with Crippen LogP contribution in [-0.4, -0.2) is 59.5 Å². The van der Waals surface area contributed by atoms with Gasteiger partial charge in [0.15, 0.2) is 0 Å². The first-order valence-electron chi connectivity index (χ1n) is 14.1. The minimum atomic E-state index is -4.23. The highest BCUT2D eigenvalue weighted by Crippen LogP contribution is 2.60. The molecule has 5 nitrogen and oxygen atoms in total. The second-order valence-corrected chi connectivity index (χ2v) is 12.3. The second kappa shape index (κ2) is 10.00. The maximum absolute atomic E-state index is 14.1. The number of amides is 1. The number of halogens is 5. The van der Waals surface area contributed by atoms with E-state index in [4.69, 9.17) is 4.74 Å². The lowest BCUT2D eigenvalue weighted by molar-refractivity contribution is -0.186. The Bertz CT molecular complexity index is 1430. The Kier molecular flexibility index (Phi) is 6.83. The molecule has 3 heterocycles. The van der Waals surface area contributed by atoms with Gasteiger partial charge in [0.25, 0.3) is 5.91 Å². The third-order valence-electron chi connectivity index (χ3n) is 9.26. The van der Waals surface area contributed by atoms with Crippen LogP contribution in [0.1, 0.15) is 65.2 Å². The predicted molar refractivity (Wildman–Crippen MR) is 145 cm³/mol. The van der Waals surface area contributed by atoms with Gasteiger partial charge in [-0.1, -0.05) is 12.1 Å². The first-order valence-corrected chi connectivity index (χ1v) is 14.1. The summed E-state index contributed by atoms with van der Waals surface area (Å²) in [7, 11) is 1.65. The van der Waals surface area contributed by atoms with Gasteiger partial charge in [-0.3, -0.25) is 9.69 Å². The minimum Gasteiger partial charge on any atom is -0.496 e. The molecule has 10 heteroatoms. The molecule has 41 heavy (non-hydrogen) atoms. The van der Waals surface area contributed by atoms with Crippen molar-refractivity contribution in [3.8, 4) is 5.75 Å². The van der Waals surface area contributed by atoms with Gasteiger partial charge < -0.3 is 14.6 Å². The minimum absolute atomic E-state index is 0.0965. The van der Waals surface area contributed by atoms with E-state index in [-0.39, 0.29) is 37.9 Å². The Labute approximate surface area is 235 Å². The van der Waals surface area contributed by atoms with Gasteiger partial charge in [0.1, 0.15) is 5.75 Å². The molecule has 3 aliphatic rings. The van der Waals surface area contributed by atoms with Crippen LogP contribution < -0.4 is 4.74 Å². The molecular formula is C31H34F5N3O2. The van der Waals surface area contributed by atoms with Crippen LogP contribution in [0.15, 0.2) is 42.6 Å². The summed E-state index contributed by atoms with van der Waals surface area (Å²) in [5, 5.41) is 1.07. The Balaban J connectivity index is 1.24. The lowest BCUT2D eigenvalue weighted by Crippen LogP contribution is -2.53. The van der Waals surface area contributed by atoms with E-state index in [0.29, 0.717) is 31.5 Å². The van der Waals surface area contributed by atoms with Crippen LogP contribution in [0, 0.1) is 18.3 Å². The largest absolute Gasteiger partial charge is 0.496 e. The molecule has 220 valence electrons. The normalized spacial score (nSPS) is 22.5. The highest BCUT2D eigenvalue weighted by atomic mass is 19.4. The smallest absolute Gasteiger partial charge is 0.389 e. The fraction of sp³-hybridized carbons (Fsp3) is 0.516. The topological polar surface area (TPSA) is 48.6 Å². The molecule has 1 N–H and O–H groups in total. The average molecular weight is 576 g/mol. The number of aromatic amines is 1. The van der Waals surface area contributed by atoms with Crippen molar-refractivity contribution in [3.63, 3.8) is 0 Å². The van der Waals surface area contributed by atoms with Crippen molar-refractivity contribution < 1.29 is 31.5 Å². The van der Waals surface area contributed by atoms with E-state index in [2.05, 4.69) is 9.88 Å². The maximum Gasteiger partial charge on any atom is 0.389 e. The summed E-state index contributed by atoms with van der Waals surface area (Å²) in [5.74, 6) is -2.69. The van der Waals surface area contributed by atoms with E-state index < -0.39 is 29.9 Å². The molecule has 0 bridgehead atoms. The van der Waals surface area contributed by atoms with Crippen molar-refractivity contribution in [2.45, 2.75) is 63.7 Å². The summed E-state index contributed by atoms with van der Waals surface area (Å²) >= 11 is 0. The zero-order valence-corrected chi connectivity index (χ0v) is 23.2. The number of ether oxygens (including phenoxy) is 1. The quantitative estimate of drug-likeness (QED) is 0.315. The van der Waals surface area contributed by atoms with Crippen molar-refractivity contribution in [3.05, 3.63) is 64.8 Å². The van der Waals surface area contributed by atoms with Gasteiger partial charge in [-0.05, 0) is 67.1 Å². The maximum atomic E-state index is 14.1. The second-order valence-electron chi connectivity index (χ2n) is 12.3. The fourth-order valence-corrected chi connectivity index (χ4v) is 7.27. The van der Waals surface area contributed by atoms with E-state index in [1.807, 2.05) is 37.4 Å². The Morgan fingerprint density at radius 1 is 1.12 bits per heavy atom. The molecule has 1 aliphatic carbocycles. The summed E-state index contributed by atoms with van der Waals surface area (Å²) < 4.78 is 71.8. The van der Waals surface area contributed by atoms with E-state index in [1.165, 1.54) is 4.90 Å². The van der Waals surface area contributed by atoms with Crippen molar-refractivity contribution in [1.29, 1.82) is 0 Å². The number of nitrogens with one attached hydrogen (secondary N) is 1. The predicted octanol–water partition coefficient (Wildman–Crippen LogP) is 7.26. The Morgan fingerprint density at radius 2 is 1.83 bits per heavy atom. The monoisotopic (exact) mass is 575 g/mol. The van der Waals surface area contributed by atoms with Crippen LogP contribution in [0.2, 0.25) is 0 Å². The number of fused-ring (bicyclic) bond motifs is 1. The number of nitrogens with zero attached hydrogens (tertiary/aromatic N) is 2. The molecule has 6 rings (SSSR count). The summed E-state index contributed by atoms with van der Waals surface area (Å²) in [5.41, 5.74) is 4.09. The number of aryl methyl sites for hydroxylation is 1. The molecular weight excluding hydrogens is 541 g/mol. The van der Waals surface area contributed by atoms with E-state index in [0.717, 1.165) is 33.3 Å². The van der Waals surface area contributed by atoms with Gasteiger partial charge in [0.05, 0.1) is 7.11 Å². The zero-order chi connectivity index (χ0) is 29.2. The molecule has 0 radical (unpaired) electrons. The molecule has 1 atom stereocenters. The Morgan fingerprint density at radius 3 is 2.46 bits per heavy atom. The van der Waals surface area contributed by atoms with Crippen LogP contribution >= 0.6 is 0 Å². The number of carbonyl (C=O) groups is 1. The number of hydrogen-bond acceptors (Lipinski definition) is 3. The molecule has 2 aromatic carbocycles. The van der Waals surface area contributed by atoms with Crippen molar-refractivity contribution in [1.82, 2.24) is 14.8 Å². The van der Waals surface area contributed by atoms with Gasteiger partial charge in [0.2, 0.25) is 5.92 Å². The number of carbonyl (C=O) groups excluding carboxylic acids is 1. The molecule has 1 spiro atoms. The van der Waals surface area contributed by atoms with E-state index in [9.17, 15) is 26.7 Å². The molecule has 2 aliphatic heterocycles. The molecule has 1 saturated carbocycles. The third-order valence-corrected chi connectivity index (χ3v) is 9.26. The highest BCUT2D eigenvalue weighted by Gasteiger charge is 2.58. The van der Waals surface area contributed by atoms with Crippen molar-refractivity contribution in [2.24, 2.45) is 11.3 Å². The Hall–Kier alpha value is -3.14. The first kappa shape index (κ1) is 28.0. The number of H-pyrrole nitrogens is 1. The standard InChI is InChI=1S/C31H34F5N3O2/c1-19-11-26(41-2)24(23-7-9-37-27(19)23)16-38-10-8-29(17-30(32,33)18-29)13-25(38)21-3-5-22(6-4-21)28(40)39-14-20(15-39)12-31(34,35)36/h3-7,9,11,20,25,37H,8,10,12-18H2,1-2H3. The highest BCUT2D eigenvalue weighted by molar-refractivity contribution is 5.94. The van der Waals surface area contributed by atoms with Crippen molar-refractivity contribution in [2.75, 3.05) is 26.7 Å². The van der Waals surface area contributed by atoms with Gasteiger partial charge in [-0.25, -0.2) is 8.78 Å². The first-order chi connectivity index (χ1) is 19.4. The summed E-state index contributed by atoms with van der Waals surface area (Å²) in [6, 6.07) is 11.1.